The number of aryl methyl sites for hydroxylation is 1. The van der Waals surface area contributed by atoms with Crippen LogP contribution in [0.25, 0.3) is 0 Å². The summed E-state index contributed by atoms with van der Waals surface area (Å²) in [7, 11) is 0. The average molecular weight is 519 g/mol. The minimum atomic E-state index is -4.41. The Morgan fingerprint density at radius 2 is 1.92 bits per heavy atom. The Morgan fingerprint density at radius 3 is 2.43 bits per heavy atom. The molecular formula is C30H45F3N4. The largest absolute Gasteiger partial charge is 0.416 e. The Hall–Kier alpha value is -2.85. The van der Waals surface area contributed by atoms with E-state index in [1.807, 2.05) is 56.9 Å². The minimum absolute atomic E-state index is 0.180. The van der Waals surface area contributed by atoms with Crippen LogP contribution >= 0.6 is 0 Å². The first-order chi connectivity index (χ1) is 17.6. The first-order valence-electron chi connectivity index (χ1n) is 13.2. The lowest BCUT2D eigenvalue weighted by Gasteiger charge is -2.36. The zero-order valence-corrected chi connectivity index (χ0v) is 23.8. The van der Waals surface area contributed by atoms with Crippen LogP contribution in [0.2, 0.25) is 0 Å². The van der Waals surface area contributed by atoms with Crippen LogP contribution in [-0.2, 0) is 6.42 Å². The molecule has 0 saturated carbocycles. The van der Waals surface area contributed by atoms with E-state index in [0.717, 1.165) is 37.4 Å². The van der Waals surface area contributed by atoms with Crippen molar-refractivity contribution in [2.45, 2.75) is 86.9 Å². The fourth-order valence-corrected chi connectivity index (χ4v) is 3.92. The van der Waals surface area contributed by atoms with Gasteiger partial charge in [-0.2, -0.15) is 18.4 Å². The van der Waals surface area contributed by atoms with E-state index >= 15 is 0 Å². The highest BCUT2D eigenvalue weighted by Crippen LogP contribution is 2.34. The van der Waals surface area contributed by atoms with Crippen LogP contribution in [0.15, 0.2) is 64.5 Å². The number of nitriles is 1. The molecule has 4 nitrogen and oxygen atoms in total. The Morgan fingerprint density at radius 1 is 1.24 bits per heavy atom. The molecule has 0 radical (unpaired) electrons. The minimum Gasteiger partial charge on any atom is -0.372 e. The van der Waals surface area contributed by atoms with Crippen LogP contribution in [0.4, 0.5) is 13.2 Å². The molecule has 1 unspecified atom stereocenters. The lowest BCUT2D eigenvalue weighted by atomic mass is 9.97. The van der Waals surface area contributed by atoms with Gasteiger partial charge in [-0.3, -0.25) is 4.99 Å². The number of piperazine rings is 1. The number of alkyl halides is 3. The third kappa shape index (κ3) is 12.3. The van der Waals surface area contributed by atoms with E-state index in [-0.39, 0.29) is 11.6 Å². The maximum absolute atomic E-state index is 13.5. The third-order valence-electron chi connectivity index (χ3n) is 5.63. The molecule has 0 spiro atoms. The highest BCUT2D eigenvalue weighted by Gasteiger charge is 2.37. The van der Waals surface area contributed by atoms with Crippen molar-refractivity contribution < 1.29 is 13.2 Å². The fraction of sp³-hybridized carbons (Fsp3) is 0.533. The molecule has 0 amide bonds. The summed E-state index contributed by atoms with van der Waals surface area (Å²) in [4.78, 5) is 6.23. The van der Waals surface area contributed by atoms with E-state index in [2.05, 4.69) is 29.4 Å². The predicted octanol–water partition coefficient (Wildman–Crippen LogP) is 7.98. The number of allylic oxidation sites excluding steroid dienone is 5. The zero-order valence-electron chi connectivity index (χ0n) is 23.8. The molecule has 1 aromatic rings. The van der Waals surface area contributed by atoms with E-state index in [1.54, 1.807) is 20.0 Å². The monoisotopic (exact) mass is 518 g/mol. The lowest BCUT2D eigenvalue weighted by molar-refractivity contribution is -0.0891. The molecule has 1 saturated heterocycles. The van der Waals surface area contributed by atoms with Crippen molar-refractivity contribution in [3.63, 3.8) is 0 Å². The summed E-state index contributed by atoms with van der Waals surface area (Å²) in [5.41, 5.74) is 2.58. The first-order valence-corrected chi connectivity index (χ1v) is 13.2. The maximum Gasteiger partial charge on any atom is 0.416 e. The van der Waals surface area contributed by atoms with Crippen LogP contribution in [-0.4, -0.2) is 42.5 Å². The number of hydrogen-bond acceptors (Lipinski definition) is 4. The van der Waals surface area contributed by atoms with Gasteiger partial charge in [0.05, 0.1) is 17.2 Å². The van der Waals surface area contributed by atoms with E-state index in [0.29, 0.717) is 24.5 Å². The number of benzene rings is 1. The molecule has 7 heteroatoms. The Balaban J connectivity index is 0.000000827. The van der Waals surface area contributed by atoms with Crippen LogP contribution in [0.1, 0.15) is 79.4 Å². The van der Waals surface area contributed by atoms with Gasteiger partial charge in [0.2, 0.25) is 0 Å². The summed E-state index contributed by atoms with van der Waals surface area (Å²) in [6.07, 6.45) is 3.12. The van der Waals surface area contributed by atoms with E-state index in [9.17, 15) is 13.2 Å². The van der Waals surface area contributed by atoms with Crippen molar-refractivity contribution in [1.82, 2.24) is 10.2 Å². The van der Waals surface area contributed by atoms with Gasteiger partial charge < -0.3 is 10.2 Å². The van der Waals surface area contributed by atoms with E-state index < -0.39 is 11.7 Å². The summed E-state index contributed by atoms with van der Waals surface area (Å²) in [5.74, 6) is 0. The number of nitrogens with one attached hydrogen (secondary N) is 1. The Labute approximate surface area is 222 Å². The lowest BCUT2D eigenvalue weighted by Crippen LogP contribution is -2.48. The van der Waals surface area contributed by atoms with Crippen LogP contribution in [0.5, 0.6) is 0 Å². The van der Waals surface area contributed by atoms with Crippen LogP contribution in [0, 0.1) is 11.3 Å². The molecule has 1 aromatic carbocycles. The van der Waals surface area contributed by atoms with Gasteiger partial charge in [-0.25, -0.2) is 0 Å². The van der Waals surface area contributed by atoms with Gasteiger partial charge >= 0.3 is 6.18 Å². The zero-order chi connectivity index (χ0) is 28.4. The summed E-state index contributed by atoms with van der Waals surface area (Å²) >= 11 is 0. The van der Waals surface area contributed by atoms with Gasteiger partial charge in [-0.15, -0.1) is 0 Å². The number of nitrogens with zero attached hydrogens (tertiary/aromatic N) is 3. The fourth-order valence-electron chi connectivity index (χ4n) is 3.92. The first kappa shape index (κ1) is 34.1. The van der Waals surface area contributed by atoms with Crippen LogP contribution in [0.3, 0.4) is 0 Å². The Kier molecular flexibility index (Phi) is 17.0. The smallest absolute Gasteiger partial charge is 0.372 e. The molecule has 0 bridgehead atoms. The number of rotatable bonds is 7. The van der Waals surface area contributed by atoms with Crippen LogP contribution < -0.4 is 5.32 Å². The molecule has 0 aromatic heterocycles. The second kappa shape index (κ2) is 18.4. The topological polar surface area (TPSA) is 51.4 Å². The molecule has 206 valence electrons. The van der Waals surface area contributed by atoms with Gasteiger partial charge in [0.1, 0.15) is 0 Å². The number of hydrogen-bond donors (Lipinski definition) is 1. The number of halogens is 3. The van der Waals surface area contributed by atoms with Crippen molar-refractivity contribution in [2.24, 2.45) is 4.99 Å². The molecule has 0 aliphatic carbocycles. The van der Waals surface area contributed by atoms with Crippen molar-refractivity contribution in [3.05, 3.63) is 70.6 Å². The van der Waals surface area contributed by atoms with Gasteiger partial charge in [-0.1, -0.05) is 58.4 Å². The molecule has 37 heavy (non-hydrogen) atoms. The summed E-state index contributed by atoms with van der Waals surface area (Å²) in [6, 6.07) is 10.1. The second-order valence-electron chi connectivity index (χ2n) is 8.53. The Bertz CT molecular complexity index is 966. The van der Waals surface area contributed by atoms with E-state index in [4.69, 9.17) is 5.26 Å². The average Bonchev–Trinajstić information content (AvgIpc) is 2.88. The van der Waals surface area contributed by atoms with E-state index in [1.165, 1.54) is 12.5 Å². The SMILES string of the molecule is CC.CCCc1cccc(C#N)c1.C\C=C(C(/C(C)=N/C=C/CC)=C(/C)N1CCNC(C)C1)\C(F)(F)F. The van der Waals surface area contributed by atoms with Gasteiger partial charge in [0.25, 0.3) is 0 Å². The highest BCUT2D eigenvalue weighted by atomic mass is 19.4. The molecule has 1 heterocycles. The van der Waals surface area contributed by atoms with Gasteiger partial charge in [0, 0.05) is 48.9 Å². The molecule has 1 aliphatic rings. The number of aliphatic imine (C=N–C) groups is 1. The summed E-state index contributed by atoms with van der Waals surface area (Å²) in [6.45, 7) is 17.1. The van der Waals surface area contributed by atoms with Crippen molar-refractivity contribution >= 4 is 5.71 Å². The van der Waals surface area contributed by atoms with Crippen molar-refractivity contribution in [1.29, 1.82) is 5.26 Å². The summed E-state index contributed by atoms with van der Waals surface area (Å²) < 4.78 is 40.6. The standard InChI is InChI=1S/C18H28F3N3.C10H11N.C2H6/c1-6-8-9-23-14(4)17(16(7-2)18(19,20)21)15(5)24-11-10-22-13(3)12-24;1-2-4-9-5-3-6-10(7-9)8-11;1-2/h7-9,13,22H,6,10-12H2,1-5H3;3,5-7H,2,4H2,1H3;1-2H3/b9-8+,16-7+,17-15-,23-14+;;. The molecule has 1 atom stereocenters. The second-order valence-corrected chi connectivity index (χ2v) is 8.53. The molecule has 1 fully saturated rings. The quantitative estimate of drug-likeness (QED) is 0.294. The van der Waals surface area contributed by atoms with Crippen molar-refractivity contribution in [3.8, 4) is 6.07 Å². The van der Waals surface area contributed by atoms with Crippen molar-refractivity contribution in [2.75, 3.05) is 19.6 Å². The molecule has 2 rings (SSSR count). The molecule has 1 aliphatic heterocycles. The maximum atomic E-state index is 13.5. The third-order valence-corrected chi connectivity index (χ3v) is 5.63. The highest BCUT2D eigenvalue weighted by molar-refractivity contribution is 6.03. The predicted molar refractivity (Wildman–Crippen MR) is 151 cm³/mol. The van der Waals surface area contributed by atoms with Gasteiger partial charge in [0.15, 0.2) is 0 Å². The van der Waals surface area contributed by atoms with Gasteiger partial charge in [-0.05, 0) is 58.2 Å². The molecular weight excluding hydrogens is 473 g/mol. The summed E-state index contributed by atoms with van der Waals surface area (Å²) in [5, 5.41) is 11.9. The molecule has 1 N–H and O–H groups in total. The normalized spacial score (nSPS) is 17.2.